The topological polar surface area (TPSA) is 50.8 Å². The van der Waals surface area contributed by atoms with Crippen molar-refractivity contribution in [1.29, 1.82) is 0 Å². The third-order valence-corrected chi connectivity index (χ3v) is 4.30. The Kier molecular flexibility index (Phi) is 7.43. The van der Waals surface area contributed by atoms with Gasteiger partial charge in [0.1, 0.15) is 0 Å². The van der Waals surface area contributed by atoms with E-state index in [1.54, 1.807) is 31.0 Å². The molecule has 5 nitrogen and oxygen atoms in total. The highest BCUT2D eigenvalue weighted by Gasteiger charge is 2.18. The summed E-state index contributed by atoms with van der Waals surface area (Å²) in [5.41, 5.74) is 0.809. The average Bonchev–Trinajstić information content (AvgIpc) is 3.08. The summed E-state index contributed by atoms with van der Waals surface area (Å²) < 4.78 is 34.7. The van der Waals surface area contributed by atoms with Crippen LogP contribution in [0.3, 0.4) is 0 Å². The molecule has 7 heteroatoms. The zero-order chi connectivity index (χ0) is 18.2. The van der Waals surface area contributed by atoms with Crippen LogP contribution in [0.5, 0.6) is 11.5 Å². The van der Waals surface area contributed by atoms with Crippen LogP contribution in [0.4, 0.5) is 8.78 Å². The number of ether oxygens (including phenoxy) is 2. The quantitative estimate of drug-likeness (QED) is 0.739. The second-order valence-corrected chi connectivity index (χ2v) is 6.24. The van der Waals surface area contributed by atoms with Crippen LogP contribution in [-0.2, 0) is 11.3 Å². The summed E-state index contributed by atoms with van der Waals surface area (Å²) in [5.74, 6) is 0.923. The lowest BCUT2D eigenvalue weighted by molar-refractivity contribution is -0.130. The first-order valence-corrected chi connectivity index (χ1v) is 8.64. The number of nitrogens with zero attached hydrogens (tertiary/aromatic N) is 1. The molecule has 1 aromatic carbocycles. The summed E-state index contributed by atoms with van der Waals surface area (Å²) in [4.78, 5) is 13.9. The standard InChI is InChI=1S/C18H26F2N2O3/c1-3-24-16-10-14(4-6-15(16)25-18(19)20)12-22(2)17(23)7-5-13-8-9-21-11-13/h4,6,10,13,18,21H,3,5,7-9,11-12H2,1-2H3. The van der Waals surface area contributed by atoms with Gasteiger partial charge >= 0.3 is 6.61 Å². The van der Waals surface area contributed by atoms with Crippen molar-refractivity contribution in [2.45, 2.75) is 39.3 Å². The van der Waals surface area contributed by atoms with Gasteiger partial charge in [0, 0.05) is 20.0 Å². The minimum atomic E-state index is -2.90. The molecule has 1 atom stereocenters. The van der Waals surface area contributed by atoms with Crippen molar-refractivity contribution < 1.29 is 23.0 Å². The Morgan fingerprint density at radius 1 is 1.40 bits per heavy atom. The average molecular weight is 356 g/mol. The van der Waals surface area contributed by atoms with E-state index in [1.807, 2.05) is 0 Å². The number of alkyl halides is 2. The van der Waals surface area contributed by atoms with Crippen molar-refractivity contribution in [1.82, 2.24) is 10.2 Å². The Bertz CT molecular complexity index is 563. The molecule has 1 fully saturated rings. The van der Waals surface area contributed by atoms with E-state index < -0.39 is 6.61 Å². The summed E-state index contributed by atoms with van der Waals surface area (Å²) in [5, 5.41) is 3.30. The van der Waals surface area contributed by atoms with E-state index in [-0.39, 0.29) is 17.4 Å². The van der Waals surface area contributed by atoms with Crippen LogP contribution in [0.2, 0.25) is 0 Å². The highest BCUT2D eigenvalue weighted by atomic mass is 19.3. The molecule has 25 heavy (non-hydrogen) atoms. The van der Waals surface area contributed by atoms with Crippen molar-refractivity contribution in [2.75, 3.05) is 26.7 Å². The molecule has 0 bridgehead atoms. The zero-order valence-corrected chi connectivity index (χ0v) is 14.8. The molecule has 2 rings (SSSR count). The lowest BCUT2D eigenvalue weighted by atomic mass is 10.0. The fourth-order valence-corrected chi connectivity index (χ4v) is 2.95. The van der Waals surface area contributed by atoms with E-state index in [0.29, 0.717) is 25.5 Å². The van der Waals surface area contributed by atoms with Gasteiger partial charge in [-0.1, -0.05) is 6.07 Å². The molecule has 140 valence electrons. The van der Waals surface area contributed by atoms with E-state index in [4.69, 9.17) is 4.74 Å². The highest BCUT2D eigenvalue weighted by Crippen LogP contribution is 2.30. The van der Waals surface area contributed by atoms with Gasteiger partial charge in [0.25, 0.3) is 0 Å². The number of benzene rings is 1. The molecule has 1 heterocycles. The minimum Gasteiger partial charge on any atom is -0.490 e. The van der Waals surface area contributed by atoms with E-state index in [1.165, 1.54) is 6.07 Å². The van der Waals surface area contributed by atoms with E-state index in [0.717, 1.165) is 31.5 Å². The first-order valence-electron chi connectivity index (χ1n) is 8.64. The Balaban J connectivity index is 1.93. The fraction of sp³-hybridized carbons (Fsp3) is 0.611. The summed E-state index contributed by atoms with van der Waals surface area (Å²) in [7, 11) is 1.75. The maximum Gasteiger partial charge on any atom is 0.387 e. The number of rotatable bonds is 9. The van der Waals surface area contributed by atoms with Gasteiger partial charge in [-0.3, -0.25) is 4.79 Å². The van der Waals surface area contributed by atoms with Crippen LogP contribution in [0.1, 0.15) is 31.7 Å². The first kappa shape index (κ1) is 19.4. The lowest BCUT2D eigenvalue weighted by Gasteiger charge is -2.19. The number of hydrogen-bond donors (Lipinski definition) is 1. The van der Waals surface area contributed by atoms with Crippen molar-refractivity contribution in [2.24, 2.45) is 5.92 Å². The lowest BCUT2D eigenvalue weighted by Crippen LogP contribution is -2.26. The molecule has 1 amide bonds. The third kappa shape index (κ3) is 6.16. The van der Waals surface area contributed by atoms with E-state index in [2.05, 4.69) is 10.1 Å². The van der Waals surface area contributed by atoms with Crippen LogP contribution in [0, 0.1) is 5.92 Å². The van der Waals surface area contributed by atoms with Gasteiger partial charge in [0.2, 0.25) is 5.91 Å². The van der Waals surface area contributed by atoms with Gasteiger partial charge in [-0.25, -0.2) is 0 Å². The maximum atomic E-state index is 12.4. The molecule has 1 saturated heterocycles. The van der Waals surface area contributed by atoms with E-state index in [9.17, 15) is 13.6 Å². The molecule has 0 spiro atoms. The molecule has 0 radical (unpaired) electrons. The third-order valence-electron chi connectivity index (χ3n) is 4.30. The van der Waals surface area contributed by atoms with Crippen molar-refractivity contribution in [3.8, 4) is 11.5 Å². The Labute approximate surface area is 147 Å². The molecular weight excluding hydrogens is 330 g/mol. The smallest absolute Gasteiger partial charge is 0.387 e. The second-order valence-electron chi connectivity index (χ2n) is 6.24. The van der Waals surface area contributed by atoms with Crippen LogP contribution in [-0.4, -0.2) is 44.2 Å². The molecule has 1 N–H and O–H groups in total. The van der Waals surface area contributed by atoms with Gasteiger partial charge in [0.15, 0.2) is 11.5 Å². The van der Waals surface area contributed by atoms with Crippen molar-refractivity contribution in [3.63, 3.8) is 0 Å². The van der Waals surface area contributed by atoms with Crippen LogP contribution >= 0.6 is 0 Å². The maximum absolute atomic E-state index is 12.4. The molecule has 0 aliphatic carbocycles. The molecule has 1 unspecified atom stereocenters. The summed E-state index contributed by atoms with van der Waals surface area (Å²) in [6, 6.07) is 4.77. The van der Waals surface area contributed by atoms with Crippen LogP contribution in [0.25, 0.3) is 0 Å². The van der Waals surface area contributed by atoms with Gasteiger partial charge in [-0.15, -0.1) is 0 Å². The number of amides is 1. The number of nitrogens with one attached hydrogen (secondary N) is 1. The Hall–Kier alpha value is -1.89. The van der Waals surface area contributed by atoms with Crippen LogP contribution in [0.15, 0.2) is 18.2 Å². The normalized spacial score (nSPS) is 16.9. The molecule has 1 aromatic rings. The number of halogens is 2. The Morgan fingerprint density at radius 3 is 2.84 bits per heavy atom. The number of carbonyl (C=O) groups is 1. The predicted molar refractivity (Wildman–Crippen MR) is 90.9 cm³/mol. The summed E-state index contributed by atoms with van der Waals surface area (Å²) >= 11 is 0. The SMILES string of the molecule is CCOc1cc(CN(C)C(=O)CCC2CCNC2)ccc1OC(F)F. The number of carbonyl (C=O) groups excluding carboxylic acids is 1. The van der Waals surface area contributed by atoms with Crippen molar-refractivity contribution in [3.05, 3.63) is 23.8 Å². The Morgan fingerprint density at radius 2 is 2.20 bits per heavy atom. The first-order chi connectivity index (χ1) is 12.0. The second kappa shape index (κ2) is 9.56. The predicted octanol–water partition coefficient (Wildman–Crippen LogP) is 3.03. The van der Waals surface area contributed by atoms with Crippen LogP contribution < -0.4 is 14.8 Å². The van der Waals surface area contributed by atoms with Gasteiger partial charge in [0.05, 0.1) is 6.61 Å². The fourth-order valence-electron chi connectivity index (χ4n) is 2.95. The highest BCUT2D eigenvalue weighted by molar-refractivity contribution is 5.75. The molecule has 1 aliphatic rings. The minimum absolute atomic E-state index is 0.00307. The van der Waals surface area contributed by atoms with Crippen molar-refractivity contribution >= 4 is 5.91 Å². The van der Waals surface area contributed by atoms with Gasteiger partial charge < -0.3 is 19.7 Å². The van der Waals surface area contributed by atoms with E-state index >= 15 is 0 Å². The molecular formula is C18H26F2N2O3. The number of hydrogen-bond acceptors (Lipinski definition) is 4. The zero-order valence-electron chi connectivity index (χ0n) is 14.8. The van der Waals surface area contributed by atoms with Gasteiger partial charge in [-0.2, -0.15) is 8.78 Å². The molecule has 1 aliphatic heterocycles. The summed E-state index contributed by atoms with van der Waals surface area (Å²) in [6.45, 7) is 1.62. The van der Waals surface area contributed by atoms with Gasteiger partial charge in [-0.05, 0) is 56.5 Å². The summed E-state index contributed by atoms with van der Waals surface area (Å²) in [6.07, 6.45) is 2.54. The molecule has 0 saturated carbocycles. The molecule has 0 aromatic heterocycles. The largest absolute Gasteiger partial charge is 0.490 e. The monoisotopic (exact) mass is 356 g/mol.